The van der Waals surface area contributed by atoms with Crippen LogP contribution in [0.2, 0.25) is 0 Å². The van der Waals surface area contributed by atoms with Gasteiger partial charge in [-0.05, 0) is 51.2 Å². The molecule has 1 unspecified atom stereocenters. The predicted octanol–water partition coefficient (Wildman–Crippen LogP) is 3.37. The second-order valence-corrected chi connectivity index (χ2v) is 8.44. The lowest BCUT2D eigenvalue weighted by Crippen LogP contribution is -2.44. The molecule has 5 nitrogen and oxygen atoms in total. The van der Waals surface area contributed by atoms with Crippen molar-refractivity contribution in [3.05, 3.63) is 54.5 Å². The van der Waals surface area contributed by atoms with Crippen molar-refractivity contribution in [3.8, 4) is 0 Å². The third-order valence-corrected chi connectivity index (χ3v) is 6.14. The van der Waals surface area contributed by atoms with Crippen molar-refractivity contribution in [3.63, 3.8) is 0 Å². The van der Waals surface area contributed by atoms with E-state index in [1.54, 1.807) is 6.26 Å². The summed E-state index contributed by atoms with van der Waals surface area (Å²) in [5, 5.41) is 6.93. The standard InChI is InChI=1S/C20H28N4OS/c1-21-19(22-14-17(24(2)3)18-10-7-13-25-18)23-15-20(11-12-20)26-16-8-5-4-6-9-16/h4-10,13,17H,11-12,14-15H2,1-3H3,(H2,21,22,23). The molecule has 26 heavy (non-hydrogen) atoms. The molecular weight excluding hydrogens is 344 g/mol. The van der Waals surface area contributed by atoms with Crippen LogP contribution in [0, 0.1) is 0 Å². The highest BCUT2D eigenvalue weighted by atomic mass is 32.2. The lowest BCUT2D eigenvalue weighted by atomic mass is 10.2. The highest BCUT2D eigenvalue weighted by Gasteiger charge is 2.43. The van der Waals surface area contributed by atoms with Gasteiger partial charge in [-0.2, -0.15) is 0 Å². The number of thioether (sulfide) groups is 1. The quantitative estimate of drug-likeness (QED) is 0.550. The zero-order valence-corrected chi connectivity index (χ0v) is 16.6. The maximum atomic E-state index is 5.57. The second kappa shape index (κ2) is 8.64. The molecule has 1 aliphatic rings. The maximum Gasteiger partial charge on any atom is 0.191 e. The summed E-state index contributed by atoms with van der Waals surface area (Å²) in [6.45, 7) is 1.65. The molecule has 1 atom stereocenters. The van der Waals surface area contributed by atoms with Crippen LogP contribution in [-0.2, 0) is 0 Å². The SMILES string of the molecule is CN=C(NCC(c1ccco1)N(C)C)NCC1(Sc2ccccc2)CC1. The lowest BCUT2D eigenvalue weighted by molar-refractivity contribution is 0.258. The van der Waals surface area contributed by atoms with Crippen molar-refractivity contribution in [1.82, 2.24) is 15.5 Å². The predicted molar refractivity (Wildman–Crippen MR) is 109 cm³/mol. The van der Waals surface area contributed by atoms with E-state index in [0.29, 0.717) is 4.75 Å². The molecule has 1 aliphatic carbocycles. The molecule has 0 amide bonds. The van der Waals surface area contributed by atoms with Crippen LogP contribution in [0.1, 0.15) is 24.6 Å². The minimum Gasteiger partial charge on any atom is -0.468 e. The van der Waals surface area contributed by atoms with Crippen LogP contribution in [0.5, 0.6) is 0 Å². The molecule has 1 heterocycles. The van der Waals surface area contributed by atoms with E-state index in [-0.39, 0.29) is 6.04 Å². The second-order valence-electron chi connectivity index (χ2n) is 6.90. The van der Waals surface area contributed by atoms with Gasteiger partial charge in [-0.15, -0.1) is 11.8 Å². The summed E-state index contributed by atoms with van der Waals surface area (Å²) in [6, 6.07) is 14.7. The summed E-state index contributed by atoms with van der Waals surface area (Å²) in [6.07, 6.45) is 4.20. The van der Waals surface area contributed by atoms with E-state index in [9.17, 15) is 0 Å². The van der Waals surface area contributed by atoms with Crippen molar-refractivity contribution < 1.29 is 4.42 Å². The van der Waals surface area contributed by atoms with Gasteiger partial charge in [0.2, 0.25) is 0 Å². The number of nitrogens with zero attached hydrogens (tertiary/aromatic N) is 2. The van der Waals surface area contributed by atoms with E-state index in [1.165, 1.54) is 17.7 Å². The number of furan rings is 1. The van der Waals surface area contributed by atoms with Gasteiger partial charge in [-0.25, -0.2) is 0 Å². The van der Waals surface area contributed by atoms with Gasteiger partial charge in [0.1, 0.15) is 5.76 Å². The van der Waals surface area contributed by atoms with Gasteiger partial charge in [0.15, 0.2) is 5.96 Å². The summed E-state index contributed by atoms with van der Waals surface area (Å²) < 4.78 is 5.86. The summed E-state index contributed by atoms with van der Waals surface area (Å²) in [5.41, 5.74) is 0. The zero-order valence-electron chi connectivity index (χ0n) is 15.7. The van der Waals surface area contributed by atoms with Gasteiger partial charge in [0, 0.05) is 29.8 Å². The van der Waals surface area contributed by atoms with Gasteiger partial charge in [-0.1, -0.05) is 18.2 Å². The van der Waals surface area contributed by atoms with E-state index in [2.05, 4.69) is 65.0 Å². The molecule has 140 valence electrons. The maximum absolute atomic E-state index is 5.57. The Balaban J connectivity index is 1.50. The van der Waals surface area contributed by atoms with Gasteiger partial charge in [0.05, 0.1) is 12.3 Å². The van der Waals surface area contributed by atoms with Gasteiger partial charge < -0.3 is 15.1 Å². The molecule has 0 bridgehead atoms. The Kier molecular flexibility index (Phi) is 6.27. The van der Waals surface area contributed by atoms with Crippen LogP contribution in [0.4, 0.5) is 0 Å². The number of rotatable bonds is 8. The molecular formula is C20H28N4OS. The highest BCUT2D eigenvalue weighted by Crippen LogP contribution is 2.51. The smallest absolute Gasteiger partial charge is 0.191 e. The van der Waals surface area contributed by atoms with Crippen molar-refractivity contribution in [1.29, 1.82) is 0 Å². The number of hydrogen-bond acceptors (Lipinski definition) is 4. The average Bonchev–Trinajstić information content (AvgIpc) is 3.18. The van der Waals surface area contributed by atoms with Gasteiger partial charge in [0.25, 0.3) is 0 Å². The number of aliphatic imine (C=N–C) groups is 1. The van der Waals surface area contributed by atoms with E-state index >= 15 is 0 Å². The van der Waals surface area contributed by atoms with Crippen molar-refractivity contribution >= 4 is 17.7 Å². The topological polar surface area (TPSA) is 52.8 Å². The molecule has 3 rings (SSSR count). The third-order valence-electron chi connectivity index (χ3n) is 4.64. The number of benzene rings is 1. The minimum absolute atomic E-state index is 0.164. The van der Waals surface area contributed by atoms with Crippen LogP contribution in [0.15, 0.2) is 63.0 Å². The summed E-state index contributed by atoms with van der Waals surface area (Å²) >= 11 is 1.97. The Morgan fingerprint density at radius 2 is 1.96 bits per heavy atom. The molecule has 0 spiro atoms. The van der Waals surface area contributed by atoms with E-state index in [1.807, 2.05) is 30.9 Å². The average molecular weight is 373 g/mol. The number of nitrogens with one attached hydrogen (secondary N) is 2. The number of guanidine groups is 1. The Morgan fingerprint density at radius 1 is 1.19 bits per heavy atom. The van der Waals surface area contributed by atoms with Crippen LogP contribution >= 0.6 is 11.8 Å². The fourth-order valence-electron chi connectivity index (χ4n) is 2.87. The molecule has 0 radical (unpaired) electrons. The molecule has 6 heteroatoms. The van der Waals surface area contributed by atoms with E-state index in [4.69, 9.17) is 4.42 Å². The number of hydrogen-bond donors (Lipinski definition) is 2. The molecule has 1 saturated carbocycles. The molecule has 1 aromatic carbocycles. The Morgan fingerprint density at radius 3 is 2.54 bits per heavy atom. The fraction of sp³-hybridized carbons (Fsp3) is 0.450. The van der Waals surface area contributed by atoms with E-state index in [0.717, 1.165) is 24.8 Å². The molecule has 2 N–H and O–H groups in total. The monoisotopic (exact) mass is 372 g/mol. The lowest BCUT2D eigenvalue weighted by Gasteiger charge is -2.24. The largest absolute Gasteiger partial charge is 0.468 e. The summed E-state index contributed by atoms with van der Waals surface area (Å²) in [7, 11) is 5.93. The normalized spacial score (nSPS) is 17.2. The first-order valence-corrected chi connectivity index (χ1v) is 9.82. The molecule has 1 aromatic heterocycles. The Bertz CT molecular complexity index is 696. The Labute approximate surface area is 160 Å². The Hall–Kier alpha value is -1.92. The summed E-state index contributed by atoms with van der Waals surface area (Å²) in [4.78, 5) is 7.85. The minimum atomic E-state index is 0.164. The van der Waals surface area contributed by atoms with Crippen molar-refractivity contribution in [2.45, 2.75) is 28.5 Å². The number of likely N-dealkylation sites (N-methyl/N-ethyl adjacent to an activating group) is 1. The van der Waals surface area contributed by atoms with Crippen LogP contribution in [0.25, 0.3) is 0 Å². The molecule has 1 fully saturated rings. The zero-order chi connectivity index (χ0) is 18.4. The summed E-state index contributed by atoms with van der Waals surface area (Å²) in [5.74, 6) is 1.79. The molecule has 2 aromatic rings. The first-order valence-electron chi connectivity index (χ1n) is 9.00. The highest BCUT2D eigenvalue weighted by molar-refractivity contribution is 8.01. The van der Waals surface area contributed by atoms with Crippen LogP contribution in [-0.4, -0.2) is 49.8 Å². The van der Waals surface area contributed by atoms with Gasteiger partial charge >= 0.3 is 0 Å². The van der Waals surface area contributed by atoms with Crippen molar-refractivity contribution in [2.24, 2.45) is 4.99 Å². The third kappa shape index (κ3) is 5.05. The van der Waals surface area contributed by atoms with Crippen molar-refractivity contribution in [2.75, 3.05) is 34.2 Å². The molecule has 0 saturated heterocycles. The van der Waals surface area contributed by atoms with E-state index < -0.39 is 0 Å². The van der Waals surface area contributed by atoms with Crippen LogP contribution in [0.3, 0.4) is 0 Å². The first-order chi connectivity index (χ1) is 12.6. The van der Waals surface area contributed by atoms with Gasteiger partial charge in [-0.3, -0.25) is 9.89 Å². The fourth-order valence-corrected chi connectivity index (χ4v) is 4.11. The first kappa shape index (κ1) is 18.9. The van der Waals surface area contributed by atoms with Crippen LogP contribution < -0.4 is 10.6 Å². The molecule has 0 aliphatic heterocycles.